The topological polar surface area (TPSA) is 12.0 Å². The molecule has 0 spiro atoms. The Bertz CT molecular complexity index is 328. The molecule has 1 aromatic rings. The molecule has 1 atom stereocenters. The van der Waals surface area contributed by atoms with Gasteiger partial charge in [0.05, 0.1) is 0 Å². The average molecular weight is 288 g/mol. The van der Waals surface area contributed by atoms with Crippen LogP contribution in [0, 0.1) is 11.7 Å². The Morgan fingerprint density at radius 3 is 2.81 bits per heavy atom. The second kappa shape index (κ2) is 7.02. The van der Waals surface area contributed by atoms with E-state index in [1.165, 1.54) is 17.7 Å². The molecule has 0 bridgehead atoms. The Balaban J connectivity index is 2.46. The van der Waals surface area contributed by atoms with Crippen molar-refractivity contribution < 1.29 is 4.39 Å². The predicted octanol–water partition coefficient (Wildman–Crippen LogP) is 3.77. The molecule has 16 heavy (non-hydrogen) atoms. The zero-order valence-electron chi connectivity index (χ0n) is 9.89. The van der Waals surface area contributed by atoms with Crippen LogP contribution < -0.4 is 5.32 Å². The number of hydrogen-bond donors (Lipinski definition) is 1. The van der Waals surface area contributed by atoms with E-state index in [2.05, 4.69) is 35.1 Å². The maximum atomic E-state index is 12.9. The summed E-state index contributed by atoms with van der Waals surface area (Å²) in [4.78, 5) is 0. The second-order valence-electron chi connectivity index (χ2n) is 4.19. The minimum Gasteiger partial charge on any atom is -0.317 e. The van der Waals surface area contributed by atoms with Crippen LogP contribution in [0.4, 0.5) is 4.39 Å². The van der Waals surface area contributed by atoms with Gasteiger partial charge >= 0.3 is 0 Å². The summed E-state index contributed by atoms with van der Waals surface area (Å²) in [5.74, 6) is 0.428. The first-order valence-corrected chi connectivity index (χ1v) is 6.57. The van der Waals surface area contributed by atoms with Crippen LogP contribution >= 0.6 is 15.9 Å². The highest BCUT2D eigenvalue weighted by atomic mass is 79.9. The molecule has 0 heterocycles. The largest absolute Gasteiger partial charge is 0.317 e. The molecular weight excluding hydrogens is 269 g/mol. The van der Waals surface area contributed by atoms with E-state index in [1.54, 1.807) is 0 Å². The number of rotatable bonds is 6. The van der Waals surface area contributed by atoms with E-state index in [0.717, 1.165) is 30.4 Å². The normalized spacial score (nSPS) is 12.8. The fourth-order valence-corrected chi connectivity index (χ4v) is 2.20. The SMILES string of the molecule is CCNCCC(C)Cc1ccc(F)cc1Br. The number of nitrogens with one attached hydrogen (secondary N) is 1. The van der Waals surface area contributed by atoms with Gasteiger partial charge < -0.3 is 5.32 Å². The van der Waals surface area contributed by atoms with E-state index in [9.17, 15) is 4.39 Å². The van der Waals surface area contributed by atoms with Crippen LogP contribution in [0.2, 0.25) is 0 Å². The first-order valence-electron chi connectivity index (χ1n) is 5.78. The van der Waals surface area contributed by atoms with Gasteiger partial charge in [-0.15, -0.1) is 0 Å². The smallest absolute Gasteiger partial charge is 0.124 e. The van der Waals surface area contributed by atoms with Gasteiger partial charge in [-0.2, -0.15) is 0 Å². The molecule has 0 radical (unpaired) electrons. The van der Waals surface area contributed by atoms with Crippen molar-refractivity contribution in [2.45, 2.75) is 26.7 Å². The summed E-state index contributed by atoms with van der Waals surface area (Å²) in [6.07, 6.45) is 2.14. The van der Waals surface area contributed by atoms with E-state index in [-0.39, 0.29) is 5.82 Å². The molecule has 0 saturated carbocycles. The fraction of sp³-hybridized carbons (Fsp3) is 0.538. The molecule has 0 amide bonds. The maximum Gasteiger partial charge on any atom is 0.124 e. The molecule has 0 aromatic heterocycles. The summed E-state index contributed by atoms with van der Waals surface area (Å²) in [7, 11) is 0. The number of hydrogen-bond acceptors (Lipinski definition) is 1. The van der Waals surface area contributed by atoms with E-state index in [4.69, 9.17) is 0 Å². The summed E-state index contributed by atoms with van der Waals surface area (Å²) >= 11 is 3.40. The van der Waals surface area contributed by atoms with E-state index in [1.807, 2.05) is 6.07 Å². The van der Waals surface area contributed by atoms with Gasteiger partial charge in [-0.3, -0.25) is 0 Å². The lowest BCUT2D eigenvalue weighted by Crippen LogP contribution is -2.17. The first-order chi connectivity index (χ1) is 7.63. The minimum absolute atomic E-state index is 0.184. The third-order valence-corrected chi connectivity index (χ3v) is 3.39. The molecule has 0 aliphatic rings. The molecule has 0 aliphatic heterocycles. The van der Waals surface area contributed by atoms with E-state index < -0.39 is 0 Å². The number of halogens is 2. The lowest BCUT2D eigenvalue weighted by molar-refractivity contribution is 0.503. The highest BCUT2D eigenvalue weighted by Crippen LogP contribution is 2.21. The summed E-state index contributed by atoms with van der Waals surface area (Å²) in [5.41, 5.74) is 1.19. The summed E-state index contributed by atoms with van der Waals surface area (Å²) in [6.45, 7) is 6.41. The first kappa shape index (κ1) is 13.7. The van der Waals surface area contributed by atoms with Crippen molar-refractivity contribution in [3.05, 3.63) is 34.1 Å². The second-order valence-corrected chi connectivity index (χ2v) is 5.04. The van der Waals surface area contributed by atoms with Gasteiger partial charge in [0.15, 0.2) is 0 Å². The van der Waals surface area contributed by atoms with Gasteiger partial charge in [0.25, 0.3) is 0 Å². The molecule has 1 N–H and O–H groups in total. The van der Waals surface area contributed by atoms with Crippen LogP contribution in [-0.4, -0.2) is 13.1 Å². The van der Waals surface area contributed by atoms with Gasteiger partial charge in [0, 0.05) is 4.47 Å². The molecule has 0 fully saturated rings. The van der Waals surface area contributed by atoms with Gasteiger partial charge in [-0.1, -0.05) is 35.8 Å². The Hall–Kier alpha value is -0.410. The predicted molar refractivity (Wildman–Crippen MR) is 70.1 cm³/mol. The zero-order valence-corrected chi connectivity index (χ0v) is 11.5. The van der Waals surface area contributed by atoms with Crippen molar-refractivity contribution in [2.75, 3.05) is 13.1 Å². The third kappa shape index (κ3) is 4.62. The molecule has 0 saturated heterocycles. The van der Waals surface area contributed by atoms with Crippen LogP contribution in [0.5, 0.6) is 0 Å². The average Bonchev–Trinajstić information content (AvgIpc) is 2.23. The van der Waals surface area contributed by atoms with Gasteiger partial charge in [-0.25, -0.2) is 4.39 Å². The van der Waals surface area contributed by atoms with E-state index in [0.29, 0.717) is 5.92 Å². The highest BCUT2D eigenvalue weighted by Gasteiger charge is 2.07. The monoisotopic (exact) mass is 287 g/mol. The Labute approximate surface area is 106 Å². The lowest BCUT2D eigenvalue weighted by atomic mass is 9.98. The van der Waals surface area contributed by atoms with E-state index >= 15 is 0 Å². The van der Waals surface area contributed by atoms with Crippen molar-refractivity contribution in [1.29, 1.82) is 0 Å². The van der Waals surface area contributed by atoms with Crippen molar-refractivity contribution in [1.82, 2.24) is 5.32 Å². The summed E-state index contributed by atoms with van der Waals surface area (Å²) in [6, 6.07) is 4.92. The Kier molecular flexibility index (Phi) is 5.99. The van der Waals surface area contributed by atoms with Crippen molar-refractivity contribution in [2.24, 2.45) is 5.92 Å². The Morgan fingerprint density at radius 1 is 1.44 bits per heavy atom. The molecule has 1 unspecified atom stereocenters. The highest BCUT2D eigenvalue weighted by molar-refractivity contribution is 9.10. The molecule has 1 rings (SSSR count). The van der Waals surface area contributed by atoms with Gasteiger partial charge in [0.1, 0.15) is 5.82 Å². The quantitative estimate of drug-likeness (QED) is 0.786. The fourth-order valence-electron chi connectivity index (χ4n) is 1.69. The summed E-state index contributed by atoms with van der Waals surface area (Å²) in [5, 5.41) is 3.32. The van der Waals surface area contributed by atoms with Gasteiger partial charge in [0.2, 0.25) is 0 Å². The molecular formula is C13H19BrFN. The Morgan fingerprint density at radius 2 is 2.19 bits per heavy atom. The maximum absolute atomic E-state index is 12.9. The van der Waals surface area contributed by atoms with Gasteiger partial charge in [-0.05, 0) is 49.5 Å². The van der Waals surface area contributed by atoms with Crippen molar-refractivity contribution in [3.63, 3.8) is 0 Å². The lowest BCUT2D eigenvalue weighted by Gasteiger charge is -2.12. The van der Waals surface area contributed by atoms with Crippen LogP contribution in [0.15, 0.2) is 22.7 Å². The molecule has 1 aromatic carbocycles. The molecule has 90 valence electrons. The number of benzene rings is 1. The molecule has 3 heteroatoms. The minimum atomic E-state index is -0.184. The van der Waals surface area contributed by atoms with Crippen LogP contribution in [0.3, 0.4) is 0 Å². The standard InChI is InChI=1S/C13H19BrFN/c1-3-16-7-6-10(2)8-11-4-5-12(15)9-13(11)14/h4-5,9-10,16H,3,6-8H2,1-2H3. The van der Waals surface area contributed by atoms with Crippen LogP contribution in [0.25, 0.3) is 0 Å². The van der Waals surface area contributed by atoms with Crippen LogP contribution in [0.1, 0.15) is 25.8 Å². The van der Waals surface area contributed by atoms with Crippen molar-refractivity contribution in [3.8, 4) is 0 Å². The third-order valence-electron chi connectivity index (χ3n) is 2.65. The summed E-state index contributed by atoms with van der Waals surface area (Å²) < 4.78 is 13.8. The molecule has 0 aliphatic carbocycles. The molecule has 1 nitrogen and oxygen atoms in total. The van der Waals surface area contributed by atoms with Crippen molar-refractivity contribution >= 4 is 15.9 Å². The van der Waals surface area contributed by atoms with Crippen LogP contribution in [-0.2, 0) is 6.42 Å². The zero-order chi connectivity index (χ0) is 12.0.